The van der Waals surface area contributed by atoms with Crippen LogP contribution in [0.4, 0.5) is 5.69 Å². The highest BCUT2D eigenvalue weighted by Gasteiger charge is 1.90. The largest absolute Gasteiger partial charge is 0.459 e. The molecule has 1 aromatic rings. The quantitative estimate of drug-likeness (QED) is 0.360. The average molecular weight is 175 g/mol. The van der Waals surface area contributed by atoms with Crippen LogP contribution in [0.1, 0.15) is 5.56 Å². The van der Waals surface area contributed by atoms with Gasteiger partial charge in [-0.05, 0) is 18.2 Å². The van der Waals surface area contributed by atoms with Gasteiger partial charge < -0.3 is 10.5 Å². The molecular weight excluding hydrogens is 166 g/mol. The summed E-state index contributed by atoms with van der Waals surface area (Å²) in [5.74, 6) is 4.39. The zero-order valence-electron chi connectivity index (χ0n) is 7.20. The number of carbonyl (C=O) groups is 1. The van der Waals surface area contributed by atoms with Gasteiger partial charge >= 0.3 is 5.97 Å². The van der Waals surface area contributed by atoms with Crippen LogP contribution in [0.5, 0.6) is 0 Å². The van der Waals surface area contributed by atoms with Crippen LogP contribution in [0.25, 0.3) is 0 Å². The number of anilines is 1. The van der Waals surface area contributed by atoms with E-state index in [-0.39, 0.29) is 0 Å². The number of benzene rings is 1. The van der Waals surface area contributed by atoms with Gasteiger partial charge in [0.1, 0.15) is 0 Å². The van der Waals surface area contributed by atoms with Gasteiger partial charge in [-0.1, -0.05) is 12.0 Å². The Hall–Kier alpha value is -1.95. The van der Waals surface area contributed by atoms with E-state index in [1.165, 1.54) is 7.11 Å². The molecule has 0 aliphatic rings. The molecule has 1 rings (SSSR count). The van der Waals surface area contributed by atoms with Crippen molar-refractivity contribution in [3.63, 3.8) is 0 Å². The second-order valence-corrected chi connectivity index (χ2v) is 2.37. The van der Waals surface area contributed by atoms with Crippen molar-refractivity contribution in [2.24, 2.45) is 0 Å². The Bertz CT molecular complexity index is 374. The van der Waals surface area contributed by atoms with Crippen molar-refractivity contribution in [2.45, 2.75) is 0 Å². The first kappa shape index (κ1) is 9.14. The normalized spacial score (nSPS) is 8.38. The Morgan fingerprint density at radius 3 is 2.92 bits per heavy atom. The molecule has 13 heavy (non-hydrogen) atoms. The highest BCUT2D eigenvalue weighted by atomic mass is 16.5. The van der Waals surface area contributed by atoms with Crippen molar-refractivity contribution < 1.29 is 9.53 Å². The third kappa shape index (κ3) is 2.88. The number of hydrogen-bond acceptors (Lipinski definition) is 3. The molecule has 0 aliphatic heterocycles. The van der Waals surface area contributed by atoms with Gasteiger partial charge in [-0.15, -0.1) is 0 Å². The molecule has 0 aromatic heterocycles. The number of esters is 1. The van der Waals surface area contributed by atoms with Gasteiger partial charge in [0.05, 0.1) is 7.11 Å². The van der Waals surface area contributed by atoms with Crippen LogP contribution in [0.15, 0.2) is 24.3 Å². The lowest BCUT2D eigenvalue weighted by atomic mass is 10.2. The summed E-state index contributed by atoms with van der Waals surface area (Å²) < 4.78 is 4.36. The van der Waals surface area contributed by atoms with Crippen LogP contribution >= 0.6 is 0 Å². The summed E-state index contributed by atoms with van der Waals surface area (Å²) in [4.78, 5) is 10.6. The Kier molecular flexibility index (Phi) is 2.93. The lowest BCUT2D eigenvalue weighted by Gasteiger charge is -1.92. The Balaban J connectivity index is 2.83. The summed E-state index contributed by atoms with van der Waals surface area (Å²) in [6.07, 6.45) is 0. The zero-order chi connectivity index (χ0) is 9.68. The minimum absolute atomic E-state index is 0.553. The standard InChI is InChI=1S/C10H9NO2/c1-13-10(12)6-5-8-3-2-4-9(11)7-8/h2-4,7H,11H2,1H3. The summed E-state index contributed by atoms with van der Waals surface area (Å²) in [7, 11) is 1.29. The summed E-state index contributed by atoms with van der Waals surface area (Å²) >= 11 is 0. The molecule has 1 aromatic carbocycles. The van der Waals surface area contributed by atoms with Crippen LogP contribution in [0.3, 0.4) is 0 Å². The molecule has 2 N–H and O–H groups in total. The first-order valence-corrected chi connectivity index (χ1v) is 3.68. The lowest BCUT2D eigenvalue weighted by Crippen LogP contribution is -1.94. The molecular formula is C10H9NO2. The van der Waals surface area contributed by atoms with Crippen molar-refractivity contribution in [1.29, 1.82) is 0 Å². The lowest BCUT2D eigenvalue weighted by molar-refractivity contribution is -0.133. The van der Waals surface area contributed by atoms with Gasteiger partial charge in [0.25, 0.3) is 0 Å². The van der Waals surface area contributed by atoms with E-state index >= 15 is 0 Å². The molecule has 0 fully saturated rings. The van der Waals surface area contributed by atoms with Crippen molar-refractivity contribution in [2.75, 3.05) is 12.8 Å². The fourth-order valence-corrected chi connectivity index (χ4v) is 0.791. The van der Waals surface area contributed by atoms with Gasteiger partial charge in [-0.3, -0.25) is 0 Å². The molecule has 0 aliphatic carbocycles. The molecule has 0 bridgehead atoms. The van der Waals surface area contributed by atoms with E-state index in [1.54, 1.807) is 24.3 Å². The number of ether oxygens (including phenoxy) is 1. The van der Waals surface area contributed by atoms with Crippen LogP contribution in [-0.2, 0) is 9.53 Å². The van der Waals surface area contributed by atoms with E-state index in [0.717, 1.165) is 0 Å². The van der Waals surface area contributed by atoms with Crippen LogP contribution in [0, 0.1) is 11.8 Å². The first-order chi connectivity index (χ1) is 6.22. The SMILES string of the molecule is COC(=O)C#Cc1cccc(N)c1. The van der Waals surface area contributed by atoms with Gasteiger partial charge in [0.2, 0.25) is 0 Å². The first-order valence-electron chi connectivity index (χ1n) is 3.68. The Labute approximate surface area is 76.5 Å². The highest BCUT2D eigenvalue weighted by Crippen LogP contribution is 2.04. The Morgan fingerprint density at radius 1 is 1.54 bits per heavy atom. The minimum Gasteiger partial charge on any atom is -0.459 e. The molecule has 0 amide bonds. The monoisotopic (exact) mass is 175 g/mol. The van der Waals surface area contributed by atoms with Crippen molar-refractivity contribution in [1.82, 2.24) is 0 Å². The number of hydrogen-bond donors (Lipinski definition) is 1. The molecule has 0 unspecified atom stereocenters. The van der Waals surface area contributed by atoms with Gasteiger partial charge in [0.15, 0.2) is 0 Å². The van der Waals surface area contributed by atoms with Crippen LogP contribution in [0.2, 0.25) is 0 Å². The molecule has 0 radical (unpaired) electrons. The van der Waals surface area contributed by atoms with Crippen molar-refractivity contribution in [3.8, 4) is 11.8 Å². The third-order valence-electron chi connectivity index (χ3n) is 1.38. The molecule has 0 saturated carbocycles. The van der Waals surface area contributed by atoms with E-state index < -0.39 is 5.97 Å². The topological polar surface area (TPSA) is 52.3 Å². The summed E-state index contributed by atoms with van der Waals surface area (Å²) in [5, 5.41) is 0. The maximum absolute atomic E-state index is 10.6. The second kappa shape index (κ2) is 4.17. The number of nitrogen functional groups attached to an aromatic ring is 1. The smallest absolute Gasteiger partial charge is 0.384 e. The predicted octanol–water partition coefficient (Wildman–Crippen LogP) is 0.793. The van der Waals surface area contributed by atoms with Gasteiger partial charge in [0, 0.05) is 17.2 Å². The molecule has 0 atom stereocenters. The average Bonchev–Trinajstić information content (AvgIpc) is 2.14. The van der Waals surface area contributed by atoms with E-state index in [1.807, 2.05) is 0 Å². The molecule has 3 nitrogen and oxygen atoms in total. The second-order valence-electron chi connectivity index (χ2n) is 2.37. The van der Waals surface area contributed by atoms with Crippen molar-refractivity contribution >= 4 is 11.7 Å². The van der Waals surface area contributed by atoms with E-state index in [2.05, 4.69) is 16.6 Å². The van der Waals surface area contributed by atoms with Crippen molar-refractivity contribution in [3.05, 3.63) is 29.8 Å². The maximum atomic E-state index is 10.6. The van der Waals surface area contributed by atoms with Gasteiger partial charge in [-0.25, -0.2) is 4.79 Å². The van der Waals surface area contributed by atoms with Gasteiger partial charge in [-0.2, -0.15) is 0 Å². The third-order valence-corrected chi connectivity index (χ3v) is 1.38. The van der Waals surface area contributed by atoms with E-state index in [0.29, 0.717) is 11.3 Å². The van der Waals surface area contributed by atoms with Crippen LogP contribution < -0.4 is 5.73 Å². The summed E-state index contributed by atoms with van der Waals surface area (Å²) in [5.41, 5.74) is 6.83. The molecule has 0 spiro atoms. The van der Waals surface area contributed by atoms with E-state index in [9.17, 15) is 4.79 Å². The van der Waals surface area contributed by atoms with E-state index in [4.69, 9.17) is 5.73 Å². The fourth-order valence-electron chi connectivity index (χ4n) is 0.791. The molecule has 0 saturated heterocycles. The highest BCUT2D eigenvalue weighted by molar-refractivity contribution is 5.89. The summed E-state index contributed by atoms with van der Waals surface area (Å²) in [6.45, 7) is 0. The number of methoxy groups -OCH3 is 1. The Morgan fingerprint density at radius 2 is 2.31 bits per heavy atom. The number of carbonyl (C=O) groups excluding carboxylic acids is 1. The summed E-state index contributed by atoms with van der Waals surface area (Å²) in [6, 6.07) is 6.99. The fraction of sp³-hybridized carbons (Fsp3) is 0.100. The predicted molar refractivity (Wildman–Crippen MR) is 49.7 cm³/mol. The minimum atomic E-state index is -0.553. The zero-order valence-corrected chi connectivity index (χ0v) is 7.20. The van der Waals surface area contributed by atoms with Crippen LogP contribution in [-0.4, -0.2) is 13.1 Å². The molecule has 66 valence electrons. The maximum Gasteiger partial charge on any atom is 0.384 e. The molecule has 0 heterocycles. The number of rotatable bonds is 0. The number of nitrogens with two attached hydrogens (primary N) is 1. The molecule has 3 heteroatoms.